The number of para-hydroxylation sites is 1. The Morgan fingerprint density at radius 3 is 2.22 bits per heavy atom. The maximum atomic E-state index is 13.2. The molecular weight excluding hydrogens is 379 g/mol. The van der Waals surface area contributed by atoms with Crippen LogP contribution in [0.3, 0.4) is 0 Å². The summed E-state index contributed by atoms with van der Waals surface area (Å²) in [5, 5.41) is 4.32. The lowest BCUT2D eigenvalue weighted by Gasteiger charge is -2.22. The number of hydrogen-bond donors (Lipinski definition) is 1. The largest absolute Gasteiger partial charge is 0.496 e. The van der Waals surface area contributed by atoms with E-state index in [4.69, 9.17) is 9.88 Å². The van der Waals surface area contributed by atoms with Crippen LogP contribution in [0.4, 0.5) is 13.2 Å². The summed E-state index contributed by atoms with van der Waals surface area (Å²) in [6.07, 6.45) is -4.67. The molecule has 0 saturated carbocycles. The molecule has 8 heteroatoms. The van der Waals surface area contributed by atoms with Crippen molar-refractivity contribution in [3.05, 3.63) is 53.6 Å². The maximum absolute atomic E-state index is 13.2. The van der Waals surface area contributed by atoms with Crippen LogP contribution in [0.5, 0.6) is 5.75 Å². The van der Waals surface area contributed by atoms with Gasteiger partial charge in [0.25, 0.3) is 0 Å². The van der Waals surface area contributed by atoms with E-state index in [-0.39, 0.29) is 17.9 Å². The van der Waals surface area contributed by atoms with E-state index in [1.165, 1.54) is 13.2 Å². The summed E-state index contributed by atoms with van der Waals surface area (Å²) in [4.78, 5) is 0. The second kappa shape index (κ2) is 7.90. The summed E-state index contributed by atoms with van der Waals surface area (Å²) in [7, 11) is -2.48. The number of hydrogen-bond acceptors (Lipinski definition) is 3. The molecule has 0 saturated heterocycles. The number of halogens is 3. The van der Waals surface area contributed by atoms with Gasteiger partial charge in [0.2, 0.25) is 10.0 Å². The van der Waals surface area contributed by atoms with Gasteiger partial charge in [-0.2, -0.15) is 13.2 Å². The van der Waals surface area contributed by atoms with Crippen molar-refractivity contribution >= 4 is 10.0 Å². The molecule has 2 rings (SSSR count). The van der Waals surface area contributed by atoms with Gasteiger partial charge in [-0.3, -0.25) is 0 Å². The number of alkyl halides is 3. The summed E-state index contributed by atoms with van der Waals surface area (Å²) in [5.41, 5.74) is 0.477. The van der Waals surface area contributed by atoms with Crippen molar-refractivity contribution < 1.29 is 26.3 Å². The Morgan fingerprint density at radius 2 is 1.70 bits per heavy atom. The quantitative estimate of drug-likeness (QED) is 0.787. The SMILES string of the molecule is COc1ccccc1-c1ccc(C(F)(F)F)cc1CC(C(C)C)S(N)(=O)=O. The fraction of sp³-hybridized carbons (Fsp3) is 0.368. The van der Waals surface area contributed by atoms with Crippen molar-refractivity contribution in [2.75, 3.05) is 7.11 Å². The molecule has 0 bridgehead atoms. The first-order valence-electron chi connectivity index (χ1n) is 8.30. The lowest BCUT2D eigenvalue weighted by Crippen LogP contribution is -2.35. The van der Waals surface area contributed by atoms with Gasteiger partial charge in [-0.25, -0.2) is 13.6 Å². The summed E-state index contributed by atoms with van der Waals surface area (Å²) in [6, 6.07) is 10.2. The van der Waals surface area contributed by atoms with E-state index < -0.39 is 27.0 Å². The molecule has 0 fully saturated rings. The Morgan fingerprint density at radius 1 is 1.07 bits per heavy atom. The third-order valence-corrected chi connectivity index (χ3v) is 5.97. The highest BCUT2D eigenvalue weighted by Gasteiger charge is 2.33. The third kappa shape index (κ3) is 5.01. The normalized spacial score (nSPS) is 13.6. The lowest BCUT2D eigenvalue weighted by atomic mass is 9.92. The Kier molecular flexibility index (Phi) is 6.21. The van der Waals surface area contributed by atoms with Gasteiger partial charge in [0.1, 0.15) is 5.75 Å². The average Bonchev–Trinajstić information content (AvgIpc) is 2.57. The molecule has 0 amide bonds. The van der Waals surface area contributed by atoms with E-state index in [0.717, 1.165) is 12.1 Å². The topological polar surface area (TPSA) is 69.4 Å². The zero-order valence-corrected chi connectivity index (χ0v) is 16.1. The van der Waals surface area contributed by atoms with Crippen LogP contribution in [-0.4, -0.2) is 20.8 Å². The molecule has 0 aliphatic rings. The molecule has 0 aliphatic carbocycles. The predicted molar refractivity (Wildman–Crippen MR) is 98.9 cm³/mol. The molecule has 148 valence electrons. The van der Waals surface area contributed by atoms with Gasteiger partial charge in [0.15, 0.2) is 0 Å². The molecule has 0 radical (unpaired) electrons. The minimum atomic E-state index is -4.54. The number of sulfonamides is 1. The van der Waals surface area contributed by atoms with Crippen molar-refractivity contribution in [1.29, 1.82) is 0 Å². The van der Waals surface area contributed by atoms with Crippen LogP contribution in [0.1, 0.15) is 25.0 Å². The molecule has 0 heterocycles. The van der Waals surface area contributed by atoms with Crippen LogP contribution in [0.25, 0.3) is 11.1 Å². The molecule has 0 spiro atoms. The van der Waals surface area contributed by atoms with Crippen LogP contribution < -0.4 is 9.88 Å². The number of rotatable bonds is 6. The third-order valence-electron chi connectivity index (χ3n) is 4.42. The summed E-state index contributed by atoms with van der Waals surface area (Å²) >= 11 is 0. The van der Waals surface area contributed by atoms with Gasteiger partial charge in [-0.1, -0.05) is 38.1 Å². The van der Waals surface area contributed by atoms with Crippen LogP contribution in [0.2, 0.25) is 0 Å². The second-order valence-corrected chi connectivity index (χ2v) is 8.43. The zero-order chi connectivity index (χ0) is 20.4. The summed E-state index contributed by atoms with van der Waals surface area (Å²) in [6.45, 7) is 3.34. The fourth-order valence-electron chi connectivity index (χ4n) is 3.02. The Bertz CT molecular complexity index is 909. The summed E-state index contributed by atoms with van der Waals surface area (Å²) in [5.74, 6) is 0.121. The molecule has 2 aromatic rings. The smallest absolute Gasteiger partial charge is 0.416 e. The average molecular weight is 401 g/mol. The lowest BCUT2D eigenvalue weighted by molar-refractivity contribution is -0.137. The van der Waals surface area contributed by atoms with Gasteiger partial charge in [0.05, 0.1) is 17.9 Å². The van der Waals surface area contributed by atoms with Gasteiger partial charge in [0, 0.05) is 5.56 Å². The van der Waals surface area contributed by atoms with E-state index in [2.05, 4.69) is 0 Å². The van der Waals surface area contributed by atoms with Crippen molar-refractivity contribution in [3.8, 4) is 16.9 Å². The maximum Gasteiger partial charge on any atom is 0.416 e. The van der Waals surface area contributed by atoms with Gasteiger partial charge < -0.3 is 4.74 Å². The van der Waals surface area contributed by atoms with E-state index >= 15 is 0 Å². The predicted octanol–water partition coefficient (Wildman–Crippen LogP) is 4.24. The van der Waals surface area contributed by atoms with Gasteiger partial charge in [-0.15, -0.1) is 0 Å². The highest BCUT2D eigenvalue weighted by Crippen LogP contribution is 2.37. The van der Waals surface area contributed by atoms with E-state index in [1.54, 1.807) is 38.1 Å². The van der Waals surface area contributed by atoms with Crippen molar-refractivity contribution in [2.45, 2.75) is 31.7 Å². The van der Waals surface area contributed by atoms with Crippen LogP contribution in [-0.2, 0) is 22.6 Å². The molecule has 1 unspecified atom stereocenters. The Labute approximate surface area is 157 Å². The Balaban J connectivity index is 2.67. The standard InChI is InChI=1S/C19H22F3NO3S/c1-12(2)18(27(23,24)25)11-13-10-14(19(20,21)22)8-9-15(13)16-6-4-5-7-17(16)26-3/h4-10,12,18H,11H2,1-3H3,(H2,23,24,25). The molecule has 0 aromatic heterocycles. The number of ether oxygens (including phenoxy) is 1. The number of primary sulfonamides is 1. The van der Waals surface area contributed by atoms with Gasteiger partial charge in [-0.05, 0) is 41.7 Å². The van der Waals surface area contributed by atoms with Crippen LogP contribution >= 0.6 is 0 Å². The molecule has 27 heavy (non-hydrogen) atoms. The molecular formula is C19H22F3NO3S. The summed E-state index contributed by atoms with van der Waals surface area (Å²) < 4.78 is 68.9. The van der Waals surface area contributed by atoms with Crippen LogP contribution in [0, 0.1) is 5.92 Å². The van der Waals surface area contributed by atoms with Crippen molar-refractivity contribution in [1.82, 2.24) is 0 Å². The van der Waals surface area contributed by atoms with Crippen molar-refractivity contribution in [2.24, 2.45) is 11.1 Å². The second-order valence-electron chi connectivity index (χ2n) is 6.65. The fourth-order valence-corrected chi connectivity index (χ4v) is 4.19. The van der Waals surface area contributed by atoms with E-state index in [0.29, 0.717) is 16.9 Å². The van der Waals surface area contributed by atoms with Gasteiger partial charge >= 0.3 is 6.18 Å². The number of benzene rings is 2. The minimum absolute atomic E-state index is 0.131. The molecule has 2 N–H and O–H groups in total. The monoisotopic (exact) mass is 401 g/mol. The number of nitrogens with two attached hydrogens (primary N) is 1. The molecule has 1 atom stereocenters. The minimum Gasteiger partial charge on any atom is -0.496 e. The zero-order valence-electron chi connectivity index (χ0n) is 15.2. The highest BCUT2D eigenvalue weighted by molar-refractivity contribution is 7.89. The molecule has 2 aromatic carbocycles. The molecule has 0 aliphatic heterocycles. The molecule has 4 nitrogen and oxygen atoms in total. The first-order chi connectivity index (χ1) is 12.4. The number of methoxy groups -OCH3 is 1. The van der Waals surface area contributed by atoms with E-state index in [1.807, 2.05) is 0 Å². The first-order valence-corrected chi connectivity index (χ1v) is 9.91. The highest BCUT2D eigenvalue weighted by atomic mass is 32.2. The van der Waals surface area contributed by atoms with Crippen molar-refractivity contribution in [3.63, 3.8) is 0 Å². The van der Waals surface area contributed by atoms with Crippen LogP contribution in [0.15, 0.2) is 42.5 Å². The van der Waals surface area contributed by atoms with E-state index in [9.17, 15) is 21.6 Å². The Hall–Kier alpha value is -2.06. The first kappa shape index (κ1) is 21.2.